The number of hydrogen-bond acceptors (Lipinski definition) is 4. The van der Waals surface area contributed by atoms with Crippen molar-refractivity contribution in [1.29, 1.82) is 0 Å². The fourth-order valence-electron chi connectivity index (χ4n) is 6.47. The zero-order valence-electron chi connectivity index (χ0n) is 29.4. The van der Waals surface area contributed by atoms with Gasteiger partial charge in [0.15, 0.2) is 5.78 Å². The van der Waals surface area contributed by atoms with Crippen molar-refractivity contribution < 1.29 is 30.0 Å². The molecule has 6 heteroatoms. The number of aliphatic hydroxyl groups excluding tert-OH is 1. The smallest absolute Gasteiger partial charge is 0.162 e. The summed E-state index contributed by atoms with van der Waals surface area (Å²) in [6.45, 7) is 15.0. The normalized spacial score (nSPS) is 13.0. The number of aromatic nitrogens is 1. The van der Waals surface area contributed by atoms with E-state index >= 15 is 0 Å². The van der Waals surface area contributed by atoms with Gasteiger partial charge in [-0.05, 0) is 25.7 Å². The molecule has 0 unspecified atom stereocenters. The largest absolute Gasteiger partial charge is 0.512 e. The Morgan fingerprint density at radius 2 is 1.61 bits per heavy atom. The molecule has 0 spiro atoms. The standard InChI is InChI=1S/C27H28GeNS.C13H24O2.Ir/c1-27(2,3)16-17-13-19-11-12-29-25-21-15-18-9-7-8-10-20(18)24(28(4,5)6)26(21)30-22(14-17)23(19)25;1-5-10(6-2)12(14)9-13(15)11(7-3)8-4;/h7-14H,16H2,1-6H3;9-11,14H,5-8H2,1-4H3;/q-1;;/b;12-9-;. The van der Waals surface area contributed by atoms with E-state index in [4.69, 9.17) is 4.98 Å². The van der Waals surface area contributed by atoms with Crippen molar-refractivity contribution in [2.24, 2.45) is 17.3 Å². The predicted molar refractivity (Wildman–Crippen MR) is 198 cm³/mol. The van der Waals surface area contributed by atoms with Crippen LogP contribution in [0.4, 0.5) is 0 Å². The third kappa shape index (κ3) is 8.75. The SMILES string of the molecule is CC(C)(C)Cc1cc2c3c(nccc3c1)-c1[c-]c3ccccc3[c]([Ge]([CH3])([CH3])[CH3])c1S2.CCC(CC)C(=O)/C=C(\O)C(CC)CC.[Ir]. The maximum Gasteiger partial charge on any atom is 0.162 e. The van der Waals surface area contributed by atoms with Crippen LogP contribution >= 0.6 is 11.8 Å². The van der Waals surface area contributed by atoms with Crippen molar-refractivity contribution in [3.05, 3.63) is 72.1 Å². The van der Waals surface area contributed by atoms with E-state index in [0.717, 1.165) is 37.8 Å². The summed E-state index contributed by atoms with van der Waals surface area (Å²) in [7, 11) is 0. The zero-order valence-corrected chi connectivity index (χ0v) is 34.7. The molecule has 0 saturated carbocycles. The Bertz CT molecular complexity index is 1710. The van der Waals surface area contributed by atoms with Crippen molar-refractivity contribution in [3.63, 3.8) is 0 Å². The van der Waals surface area contributed by atoms with Gasteiger partial charge in [-0.1, -0.05) is 27.7 Å². The molecule has 1 aliphatic heterocycles. The van der Waals surface area contributed by atoms with E-state index in [2.05, 4.69) is 86.6 Å². The van der Waals surface area contributed by atoms with E-state index in [1.807, 2.05) is 45.7 Å². The van der Waals surface area contributed by atoms with E-state index in [9.17, 15) is 9.90 Å². The average Bonchev–Trinajstić information content (AvgIpc) is 2.96. The summed E-state index contributed by atoms with van der Waals surface area (Å²) in [6.07, 6.45) is 7.96. The molecule has 249 valence electrons. The van der Waals surface area contributed by atoms with Crippen LogP contribution in [-0.4, -0.2) is 29.1 Å². The van der Waals surface area contributed by atoms with Crippen LogP contribution < -0.4 is 4.40 Å². The van der Waals surface area contributed by atoms with Crippen molar-refractivity contribution in [2.75, 3.05) is 0 Å². The van der Waals surface area contributed by atoms with Gasteiger partial charge < -0.3 is 5.11 Å². The first-order chi connectivity index (χ1) is 21.2. The quantitative estimate of drug-likeness (QED) is 0.0694. The van der Waals surface area contributed by atoms with Crippen LogP contribution in [-0.2, 0) is 31.3 Å². The van der Waals surface area contributed by atoms with Gasteiger partial charge in [-0.2, -0.15) is 0 Å². The van der Waals surface area contributed by atoms with Crippen LogP contribution in [0, 0.1) is 23.3 Å². The molecule has 46 heavy (non-hydrogen) atoms. The maximum absolute atomic E-state index is 11.7. The van der Waals surface area contributed by atoms with Crippen LogP contribution in [0.1, 0.15) is 79.7 Å². The minimum absolute atomic E-state index is 0. The Hall–Kier alpha value is -1.92. The summed E-state index contributed by atoms with van der Waals surface area (Å²) in [4.78, 5) is 19.4. The molecule has 0 atom stereocenters. The maximum atomic E-state index is 11.7. The van der Waals surface area contributed by atoms with Crippen molar-refractivity contribution in [1.82, 2.24) is 4.98 Å². The Kier molecular flexibility index (Phi) is 13.4. The number of rotatable bonds is 9. The molecule has 5 rings (SSSR count). The van der Waals surface area contributed by atoms with Gasteiger partial charge in [0, 0.05) is 38.0 Å². The fraction of sp³-hybridized carbons (Fsp3) is 0.450. The molecule has 0 fully saturated rings. The van der Waals surface area contributed by atoms with Gasteiger partial charge in [-0.3, -0.25) is 4.79 Å². The van der Waals surface area contributed by atoms with Gasteiger partial charge in [0.05, 0.1) is 5.76 Å². The molecule has 2 heterocycles. The number of nitrogens with zero attached hydrogens (tertiary/aromatic N) is 1. The molecule has 1 aromatic heterocycles. The number of carbonyl (C=O) groups excluding carboxylic acids is 1. The molecule has 1 radical (unpaired) electrons. The molecule has 0 saturated heterocycles. The first-order valence-corrected chi connectivity index (χ1v) is 24.9. The third-order valence-corrected chi connectivity index (χ3v) is 14.6. The van der Waals surface area contributed by atoms with Gasteiger partial charge in [-0.25, -0.2) is 0 Å². The minimum Gasteiger partial charge on any atom is -0.512 e. The first kappa shape index (κ1) is 38.5. The number of aliphatic hydroxyl groups is 1. The number of pyridine rings is 1. The summed E-state index contributed by atoms with van der Waals surface area (Å²) < 4.78 is 1.59. The van der Waals surface area contributed by atoms with E-state index in [-0.39, 0.29) is 48.9 Å². The Morgan fingerprint density at radius 3 is 2.20 bits per heavy atom. The van der Waals surface area contributed by atoms with Crippen molar-refractivity contribution in [3.8, 4) is 11.3 Å². The van der Waals surface area contributed by atoms with Crippen molar-refractivity contribution in [2.45, 2.75) is 108 Å². The van der Waals surface area contributed by atoms with Gasteiger partial charge >= 0.3 is 187 Å². The van der Waals surface area contributed by atoms with E-state index in [1.54, 1.807) is 4.40 Å². The van der Waals surface area contributed by atoms with Gasteiger partial charge in [0.2, 0.25) is 0 Å². The molecule has 3 nitrogen and oxygen atoms in total. The number of hydrogen-bond donors (Lipinski definition) is 1. The number of fused-ring (bicyclic) bond motifs is 3. The monoisotopic (exact) mass is 877 g/mol. The van der Waals surface area contributed by atoms with Crippen LogP contribution in [0.2, 0.25) is 17.3 Å². The van der Waals surface area contributed by atoms with E-state index < -0.39 is 13.3 Å². The number of ketones is 1. The molecule has 1 aliphatic rings. The molecule has 0 aliphatic carbocycles. The molecule has 0 bridgehead atoms. The summed E-state index contributed by atoms with van der Waals surface area (Å²) in [5.41, 5.74) is 4.00. The Morgan fingerprint density at radius 1 is 0.978 bits per heavy atom. The zero-order chi connectivity index (χ0) is 33.1. The van der Waals surface area contributed by atoms with Crippen LogP contribution in [0.15, 0.2) is 70.3 Å². The fourth-order valence-corrected chi connectivity index (χ4v) is 13.4. The van der Waals surface area contributed by atoms with Gasteiger partial charge in [0.25, 0.3) is 0 Å². The molecule has 0 amide bonds. The van der Waals surface area contributed by atoms with E-state index in [0.29, 0.717) is 0 Å². The van der Waals surface area contributed by atoms with E-state index in [1.165, 1.54) is 48.5 Å². The molecular weight excluding hydrogens is 823 g/mol. The van der Waals surface area contributed by atoms with Crippen LogP contribution in [0.3, 0.4) is 0 Å². The second-order valence-corrected chi connectivity index (χ2v) is 26.2. The second-order valence-electron chi connectivity index (χ2n) is 14.7. The summed E-state index contributed by atoms with van der Waals surface area (Å²) >= 11 is -0.213. The molecule has 3 aromatic carbocycles. The van der Waals surface area contributed by atoms with Crippen molar-refractivity contribution >= 4 is 56.8 Å². The van der Waals surface area contributed by atoms with Gasteiger partial charge in [-0.15, -0.1) is 0 Å². The second kappa shape index (κ2) is 16.0. The van der Waals surface area contributed by atoms with Gasteiger partial charge in [0.1, 0.15) is 0 Å². The number of carbonyl (C=O) groups is 1. The predicted octanol–water partition coefficient (Wildman–Crippen LogP) is 11.3. The topological polar surface area (TPSA) is 50.2 Å². The summed E-state index contributed by atoms with van der Waals surface area (Å²) in [5, 5.41) is 15.0. The Balaban J connectivity index is 0.000000309. The number of benzene rings is 3. The summed E-state index contributed by atoms with van der Waals surface area (Å²) in [6, 6.07) is 19.5. The minimum atomic E-state index is -2.17. The third-order valence-electron chi connectivity index (χ3n) is 8.81. The first-order valence-electron chi connectivity index (χ1n) is 16.7. The van der Waals surface area contributed by atoms with Crippen LogP contribution in [0.5, 0.6) is 0 Å². The molecule has 4 aromatic rings. The molecular formula is C40H52GeIrNO2S-. The average molecular weight is 876 g/mol. The van der Waals surface area contributed by atoms with Crippen LogP contribution in [0.25, 0.3) is 32.8 Å². The molecule has 1 N–H and O–H groups in total. The summed E-state index contributed by atoms with van der Waals surface area (Å²) in [5.74, 6) is 8.05. The Labute approximate surface area is 298 Å². The number of allylic oxidation sites excluding steroid dienone is 2.